The Balaban J connectivity index is 1.10. The lowest BCUT2D eigenvalue weighted by atomic mass is 9.79. The lowest BCUT2D eigenvalue weighted by molar-refractivity contribution is -0.135. The van der Waals surface area contributed by atoms with E-state index in [1.165, 1.54) is 12.8 Å². The summed E-state index contributed by atoms with van der Waals surface area (Å²) < 4.78 is 0. The maximum absolute atomic E-state index is 14.1. The van der Waals surface area contributed by atoms with Gasteiger partial charge in [0.15, 0.2) is 0 Å². The van der Waals surface area contributed by atoms with Gasteiger partial charge in [-0.05, 0) is 99.5 Å². The van der Waals surface area contributed by atoms with Crippen molar-refractivity contribution in [1.82, 2.24) is 24.9 Å². The summed E-state index contributed by atoms with van der Waals surface area (Å²) in [5.74, 6) is 1.36. The van der Waals surface area contributed by atoms with Crippen molar-refractivity contribution in [2.24, 2.45) is 11.8 Å². The Morgan fingerprint density at radius 2 is 1.65 bits per heavy atom. The molecule has 5 amide bonds. The van der Waals surface area contributed by atoms with Crippen LogP contribution in [0.3, 0.4) is 0 Å². The molecule has 0 saturated carbocycles. The second-order valence-electron chi connectivity index (χ2n) is 13.6. The number of thiophene rings is 1. The molecule has 46 heavy (non-hydrogen) atoms. The van der Waals surface area contributed by atoms with E-state index in [0.29, 0.717) is 55.5 Å². The molecule has 1 aromatic carbocycles. The van der Waals surface area contributed by atoms with Crippen LogP contribution in [0.1, 0.15) is 62.1 Å². The molecule has 3 fully saturated rings. The number of nitrogens with two attached hydrogens (primary N) is 1. The number of benzene rings is 1. The third-order valence-corrected chi connectivity index (χ3v) is 11.9. The molecule has 10 nitrogen and oxygen atoms in total. The van der Waals surface area contributed by atoms with Gasteiger partial charge >= 0.3 is 12.1 Å². The minimum Gasteiger partial charge on any atom is -0.397 e. The van der Waals surface area contributed by atoms with Gasteiger partial charge in [0, 0.05) is 49.6 Å². The summed E-state index contributed by atoms with van der Waals surface area (Å²) in [5, 5.41) is 10.6. The second-order valence-corrected chi connectivity index (χ2v) is 14.8. The molecule has 0 bridgehead atoms. The van der Waals surface area contributed by atoms with Crippen LogP contribution in [0.15, 0.2) is 22.9 Å². The highest BCUT2D eigenvalue weighted by Crippen LogP contribution is 2.33. The van der Waals surface area contributed by atoms with Crippen LogP contribution < -0.4 is 16.4 Å². The van der Waals surface area contributed by atoms with Crippen LogP contribution in [-0.2, 0) is 24.2 Å². The molecule has 0 aliphatic carbocycles. The zero-order valence-corrected chi connectivity index (χ0v) is 28.7. The zero-order chi connectivity index (χ0) is 32.4. The number of carbonyl (C=O) groups is 3. The van der Waals surface area contributed by atoms with Crippen LogP contribution >= 0.6 is 22.9 Å². The van der Waals surface area contributed by atoms with Crippen molar-refractivity contribution in [3.63, 3.8) is 0 Å². The highest BCUT2D eigenvalue weighted by molar-refractivity contribution is 7.08. The molecule has 5 heterocycles. The quantitative estimate of drug-likeness (QED) is 0.348. The van der Waals surface area contributed by atoms with Crippen molar-refractivity contribution in [1.29, 1.82) is 0 Å². The van der Waals surface area contributed by atoms with E-state index < -0.39 is 6.04 Å². The van der Waals surface area contributed by atoms with E-state index >= 15 is 0 Å². The van der Waals surface area contributed by atoms with E-state index in [4.69, 9.17) is 17.3 Å². The molecule has 4 aliphatic rings. The fourth-order valence-corrected chi connectivity index (χ4v) is 8.85. The Labute approximate surface area is 281 Å². The predicted octanol–water partition coefficient (Wildman–Crippen LogP) is 5.26. The molecule has 0 unspecified atom stereocenters. The van der Waals surface area contributed by atoms with Crippen LogP contribution in [0, 0.1) is 11.8 Å². The molecule has 2 aromatic rings. The Bertz CT molecular complexity index is 1410. The molecule has 1 aromatic heterocycles. The van der Waals surface area contributed by atoms with Crippen LogP contribution in [0.5, 0.6) is 0 Å². The molecule has 1 atom stereocenters. The predicted molar refractivity (Wildman–Crippen MR) is 184 cm³/mol. The van der Waals surface area contributed by atoms with E-state index in [2.05, 4.69) is 28.0 Å². The molecule has 0 radical (unpaired) electrons. The first-order valence-electron chi connectivity index (χ1n) is 16.9. The first-order valence-corrected chi connectivity index (χ1v) is 18.2. The number of anilines is 2. The lowest BCUT2D eigenvalue weighted by Gasteiger charge is -2.41. The minimum atomic E-state index is -0.709. The summed E-state index contributed by atoms with van der Waals surface area (Å²) in [6.07, 6.45) is 6.96. The number of rotatable bonds is 7. The topological polar surface area (TPSA) is 114 Å². The maximum Gasteiger partial charge on any atom is 0.322 e. The van der Waals surface area contributed by atoms with Gasteiger partial charge in [0.1, 0.15) is 6.04 Å². The minimum absolute atomic E-state index is 0.0346. The highest BCUT2D eigenvalue weighted by atomic mass is 35.5. The van der Waals surface area contributed by atoms with Crippen molar-refractivity contribution < 1.29 is 14.4 Å². The molecular formula is C34H48ClN7O3S. The number of nitrogen functional groups attached to an aromatic ring is 1. The van der Waals surface area contributed by atoms with Crippen LogP contribution in [0.2, 0.25) is 5.02 Å². The summed E-state index contributed by atoms with van der Waals surface area (Å²) in [5.41, 5.74) is 10.6. The zero-order valence-electron chi connectivity index (χ0n) is 27.1. The molecule has 12 heteroatoms. The average molecular weight is 670 g/mol. The van der Waals surface area contributed by atoms with E-state index in [0.717, 1.165) is 73.7 Å². The van der Waals surface area contributed by atoms with Crippen molar-refractivity contribution in [3.8, 4) is 0 Å². The molecule has 0 spiro atoms. The number of carbonyl (C=O) groups excluding carboxylic acids is 3. The van der Waals surface area contributed by atoms with Crippen LogP contribution in [0.4, 0.5) is 21.0 Å². The van der Waals surface area contributed by atoms with Gasteiger partial charge in [0.25, 0.3) is 0 Å². The molecule has 6 rings (SSSR count). The fourth-order valence-electron chi connectivity index (χ4n) is 7.81. The SMILES string of the molecule is CCc1cc(C[C@@H](NC(=O)N2CCC(N3Cc4cscc4NC3=O)CC2)C(=O)N2CCC(C3CCN(C)CC3)CC2)cc(Cl)c1N. The third-order valence-electron chi connectivity index (χ3n) is 10.8. The third kappa shape index (κ3) is 7.26. The first-order chi connectivity index (χ1) is 22.2. The first kappa shape index (κ1) is 32.9. The Hall–Kier alpha value is -3.02. The summed E-state index contributed by atoms with van der Waals surface area (Å²) >= 11 is 8.08. The summed E-state index contributed by atoms with van der Waals surface area (Å²) in [7, 11) is 2.19. The van der Waals surface area contributed by atoms with Gasteiger partial charge in [0.2, 0.25) is 5.91 Å². The van der Waals surface area contributed by atoms with Crippen molar-refractivity contribution >= 4 is 52.3 Å². The standard InChI is InChI=1S/C34H48ClN7O3S/c1-3-23-16-22(17-28(35)31(23)36)18-29(32(43)40-12-6-25(7-13-40)24-4-10-39(2)11-5-24)37-33(44)41-14-8-27(9-15-41)42-19-26-20-46-21-30(26)38-34(42)45/h16-17,20-21,24-25,27,29H,3-15,18-19,36H2,1-2H3,(H,37,44)(H,38,45)/t29-/m1/s1. The number of amides is 5. The number of nitrogens with one attached hydrogen (secondary N) is 2. The molecule has 250 valence electrons. The monoisotopic (exact) mass is 669 g/mol. The van der Waals surface area contributed by atoms with Gasteiger partial charge in [-0.25, -0.2) is 9.59 Å². The van der Waals surface area contributed by atoms with Crippen molar-refractivity contribution in [3.05, 3.63) is 44.6 Å². The highest BCUT2D eigenvalue weighted by Gasteiger charge is 2.36. The Morgan fingerprint density at radius 3 is 2.33 bits per heavy atom. The summed E-state index contributed by atoms with van der Waals surface area (Å²) in [4.78, 5) is 48.6. The summed E-state index contributed by atoms with van der Waals surface area (Å²) in [6, 6.07) is 2.87. The van der Waals surface area contributed by atoms with E-state index in [1.54, 1.807) is 16.2 Å². The molecule has 4 N–H and O–H groups in total. The lowest BCUT2D eigenvalue weighted by Crippen LogP contribution is -2.57. The largest absolute Gasteiger partial charge is 0.397 e. The average Bonchev–Trinajstić information content (AvgIpc) is 3.53. The van der Waals surface area contributed by atoms with E-state index in [9.17, 15) is 14.4 Å². The molecule has 3 saturated heterocycles. The number of aryl methyl sites for hydroxylation is 1. The van der Waals surface area contributed by atoms with Gasteiger partial charge in [-0.3, -0.25) is 4.79 Å². The number of urea groups is 2. The Kier molecular flexibility index (Phi) is 10.3. The number of halogens is 1. The number of hydrogen-bond acceptors (Lipinski definition) is 6. The van der Waals surface area contributed by atoms with Gasteiger partial charge in [-0.1, -0.05) is 24.6 Å². The maximum atomic E-state index is 14.1. The fraction of sp³-hybridized carbons (Fsp3) is 0.618. The smallest absolute Gasteiger partial charge is 0.322 e. The van der Waals surface area contributed by atoms with Crippen molar-refractivity contribution in [2.45, 2.75) is 76.9 Å². The van der Waals surface area contributed by atoms with E-state index in [1.807, 2.05) is 34.2 Å². The summed E-state index contributed by atoms with van der Waals surface area (Å²) in [6.45, 7) is 7.41. The van der Waals surface area contributed by atoms with Crippen molar-refractivity contribution in [2.75, 3.05) is 57.4 Å². The normalized spacial score (nSPS) is 21.2. The van der Waals surface area contributed by atoms with Gasteiger partial charge < -0.3 is 36.0 Å². The number of nitrogens with zero attached hydrogens (tertiary/aromatic N) is 4. The van der Waals surface area contributed by atoms with Gasteiger partial charge in [-0.2, -0.15) is 0 Å². The van der Waals surface area contributed by atoms with Gasteiger partial charge in [0.05, 0.1) is 22.9 Å². The molecule has 4 aliphatic heterocycles. The number of hydrogen-bond donors (Lipinski definition) is 3. The Morgan fingerprint density at radius 1 is 1.00 bits per heavy atom. The number of piperidine rings is 3. The van der Waals surface area contributed by atoms with E-state index in [-0.39, 0.29) is 24.0 Å². The second kappa shape index (κ2) is 14.4. The van der Waals surface area contributed by atoms with Crippen LogP contribution in [0.25, 0.3) is 0 Å². The van der Waals surface area contributed by atoms with Crippen LogP contribution in [-0.4, -0.2) is 96.0 Å². The molecular weight excluding hydrogens is 622 g/mol. The number of fused-ring (bicyclic) bond motifs is 1. The van der Waals surface area contributed by atoms with Gasteiger partial charge in [-0.15, -0.1) is 11.3 Å². The number of likely N-dealkylation sites (tertiary alicyclic amines) is 3.